The van der Waals surface area contributed by atoms with E-state index in [2.05, 4.69) is 0 Å². The zero-order chi connectivity index (χ0) is 26.9. The molecule has 0 radical (unpaired) electrons. The summed E-state index contributed by atoms with van der Waals surface area (Å²) in [5.74, 6) is -1.54. The summed E-state index contributed by atoms with van der Waals surface area (Å²) >= 11 is 6.00. The van der Waals surface area contributed by atoms with Crippen LogP contribution in [0.25, 0.3) is 6.08 Å². The number of imide groups is 2. The number of urea groups is 1. The molecule has 1 aliphatic heterocycles. The van der Waals surface area contributed by atoms with Gasteiger partial charge in [-0.05, 0) is 72.5 Å². The summed E-state index contributed by atoms with van der Waals surface area (Å²) in [5, 5.41) is 1.70. The van der Waals surface area contributed by atoms with E-state index in [0.29, 0.717) is 28.9 Å². The Hall–Kier alpha value is -4.11. The number of amides is 4. The van der Waals surface area contributed by atoms with Crippen LogP contribution in [0.15, 0.2) is 66.2 Å². The fourth-order valence-electron chi connectivity index (χ4n) is 3.62. The number of hydrogen-bond donors (Lipinski definition) is 1. The van der Waals surface area contributed by atoms with Crippen molar-refractivity contribution in [1.29, 1.82) is 0 Å². The third-order valence-electron chi connectivity index (χ3n) is 5.78. The zero-order valence-electron chi connectivity index (χ0n) is 19.7. The second-order valence-corrected chi connectivity index (χ2v) is 8.81. The molecule has 190 valence electrons. The molecule has 0 saturated carbocycles. The maximum absolute atomic E-state index is 13.2. The summed E-state index contributed by atoms with van der Waals surface area (Å²) < 4.78 is 45.3. The molecular formula is C27H20ClF3N2O4. The number of carbonyl (C=O) groups is 3. The van der Waals surface area contributed by atoms with Crippen molar-refractivity contribution in [2.45, 2.75) is 26.6 Å². The summed E-state index contributed by atoms with van der Waals surface area (Å²) in [4.78, 5) is 38.3. The molecule has 1 heterocycles. The van der Waals surface area contributed by atoms with Gasteiger partial charge in [0.15, 0.2) is 0 Å². The topological polar surface area (TPSA) is 75.7 Å². The quantitative estimate of drug-likeness (QED) is 0.315. The molecule has 1 N–H and O–H groups in total. The van der Waals surface area contributed by atoms with E-state index < -0.39 is 40.8 Å². The summed E-state index contributed by atoms with van der Waals surface area (Å²) in [6.07, 6.45) is -3.50. The smallest absolute Gasteiger partial charge is 0.416 e. The number of hydrogen-bond acceptors (Lipinski definition) is 4. The molecule has 37 heavy (non-hydrogen) atoms. The first kappa shape index (κ1) is 26.0. The van der Waals surface area contributed by atoms with Crippen molar-refractivity contribution >= 4 is 41.2 Å². The number of barbiturate groups is 1. The van der Waals surface area contributed by atoms with Crippen molar-refractivity contribution in [2.75, 3.05) is 4.90 Å². The van der Waals surface area contributed by atoms with Crippen LogP contribution < -0.4 is 15.0 Å². The fourth-order valence-corrected chi connectivity index (χ4v) is 3.83. The van der Waals surface area contributed by atoms with Gasteiger partial charge in [0.25, 0.3) is 11.8 Å². The van der Waals surface area contributed by atoms with Crippen LogP contribution in [0.1, 0.15) is 27.8 Å². The maximum atomic E-state index is 13.2. The van der Waals surface area contributed by atoms with Crippen LogP contribution in [0.5, 0.6) is 5.75 Å². The van der Waals surface area contributed by atoms with Gasteiger partial charge in [-0.2, -0.15) is 13.2 Å². The SMILES string of the molecule is Cc1ccc(COc2ccc(/C=C3/C(=O)NC(=O)N(c4cc(C(F)(F)F)ccc4Cl)C3=O)cc2)cc1C. The minimum Gasteiger partial charge on any atom is -0.489 e. The molecule has 6 nitrogen and oxygen atoms in total. The molecule has 0 unspecified atom stereocenters. The van der Waals surface area contributed by atoms with Gasteiger partial charge in [-0.15, -0.1) is 0 Å². The van der Waals surface area contributed by atoms with Gasteiger partial charge in [0.1, 0.15) is 17.9 Å². The van der Waals surface area contributed by atoms with Crippen molar-refractivity contribution in [3.63, 3.8) is 0 Å². The van der Waals surface area contributed by atoms with Crippen LogP contribution in [0, 0.1) is 13.8 Å². The lowest BCUT2D eigenvalue weighted by Gasteiger charge is -2.27. The van der Waals surface area contributed by atoms with E-state index in [9.17, 15) is 27.6 Å². The van der Waals surface area contributed by atoms with Crippen molar-refractivity contribution in [1.82, 2.24) is 5.32 Å². The molecule has 3 aromatic rings. The molecule has 10 heteroatoms. The van der Waals surface area contributed by atoms with Gasteiger partial charge in [0, 0.05) is 0 Å². The van der Waals surface area contributed by atoms with Gasteiger partial charge >= 0.3 is 12.2 Å². The molecule has 1 saturated heterocycles. The minimum absolute atomic E-state index is 0.268. The average molecular weight is 529 g/mol. The molecule has 0 aromatic heterocycles. The van der Waals surface area contributed by atoms with E-state index in [1.807, 2.05) is 37.4 Å². The van der Waals surface area contributed by atoms with Gasteiger partial charge < -0.3 is 4.74 Å². The van der Waals surface area contributed by atoms with Gasteiger partial charge in [-0.25, -0.2) is 9.69 Å². The number of halogens is 4. The number of rotatable bonds is 5. The van der Waals surface area contributed by atoms with Crippen LogP contribution in [0.2, 0.25) is 5.02 Å². The third-order valence-corrected chi connectivity index (χ3v) is 6.10. The Morgan fingerprint density at radius 3 is 2.30 bits per heavy atom. The number of ether oxygens (including phenoxy) is 1. The first-order valence-electron chi connectivity index (χ1n) is 11.0. The monoisotopic (exact) mass is 528 g/mol. The van der Waals surface area contributed by atoms with E-state index in [0.717, 1.165) is 23.3 Å². The lowest BCUT2D eigenvalue weighted by atomic mass is 10.1. The van der Waals surface area contributed by atoms with Crippen molar-refractivity contribution in [2.24, 2.45) is 0 Å². The molecule has 0 aliphatic carbocycles. The molecular weight excluding hydrogens is 509 g/mol. The molecule has 0 bridgehead atoms. The predicted molar refractivity (Wildman–Crippen MR) is 132 cm³/mol. The highest BCUT2D eigenvalue weighted by molar-refractivity contribution is 6.42. The van der Waals surface area contributed by atoms with E-state index in [-0.39, 0.29) is 5.02 Å². The van der Waals surface area contributed by atoms with E-state index in [4.69, 9.17) is 16.3 Å². The van der Waals surface area contributed by atoms with Crippen LogP contribution in [-0.2, 0) is 22.4 Å². The zero-order valence-corrected chi connectivity index (χ0v) is 20.4. The molecule has 4 rings (SSSR count). The average Bonchev–Trinajstić information content (AvgIpc) is 2.83. The summed E-state index contributed by atoms with van der Waals surface area (Å²) in [6.45, 7) is 4.38. The van der Waals surface area contributed by atoms with Gasteiger partial charge in [0.2, 0.25) is 0 Å². The lowest BCUT2D eigenvalue weighted by Crippen LogP contribution is -2.54. The number of aryl methyl sites for hydroxylation is 2. The second kappa shape index (κ2) is 10.1. The predicted octanol–water partition coefficient (Wildman–Crippen LogP) is 6.22. The second-order valence-electron chi connectivity index (χ2n) is 8.40. The van der Waals surface area contributed by atoms with E-state index >= 15 is 0 Å². The van der Waals surface area contributed by atoms with E-state index in [1.165, 1.54) is 11.6 Å². The van der Waals surface area contributed by atoms with Gasteiger partial charge in [0.05, 0.1) is 16.3 Å². The Labute approximate surface area is 215 Å². The van der Waals surface area contributed by atoms with Crippen LogP contribution >= 0.6 is 11.6 Å². The molecule has 3 aromatic carbocycles. The van der Waals surface area contributed by atoms with Gasteiger partial charge in [-0.1, -0.05) is 41.9 Å². The fraction of sp³-hybridized carbons (Fsp3) is 0.148. The molecule has 0 atom stereocenters. The highest BCUT2D eigenvalue weighted by atomic mass is 35.5. The summed E-state index contributed by atoms with van der Waals surface area (Å²) in [5.41, 5.74) is 1.71. The first-order chi connectivity index (χ1) is 17.4. The number of nitrogens with zero attached hydrogens (tertiary/aromatic N) is 1. The Morgan fingerprint density at radius 1 is 0.946 bits per heavy atom. The number of carbonyl (C=O) groups excluding carboxylic acids is 3. The highest BCUT2D eigenvalue weighted by Crippen LogP contribution is 2.36. The van der Waals surface area contributed by atoms with Crippen LogP contribution in [0.3, 0.4) is 0 Å². The number of alkyl halides is 3. The van der Waals surface area contributed by atoms with E-state index in [1.54, 1.807) is 24.3 Å². The lowest BCUT2D eigenvalue weighted by molar-refractivity contribution is -0.137. The Kier molecular flexibility index (Phi) is 7.09. The van der Waals surface area contributed by atoms with Crippen LogP contribution in [-0.4, -0.2) is 17.8 Å². The molecule has 4 amide bonds. The molecule has 1 fully saturated rings. The summed E-state index contributed by atoms with van der Waals surface area (Å²) in [6, 6.07) is 13.5. The number of benzene rings is 3. The first-order valence-corrected chi connectivity index (χ1v) is 11.4. The normalized spacial score (nSPS) is 15.2. The van der Waals surface area contributed by atoms with Crippen molar-refractivity contribution in [3.05, 3.63) is 99.1 Å². The molecule has 0 spiro atoms. The maximum Gasteiger partial charge on any atom is 0.416 e. The van der Waals surface area contributed by atoms with Crippen LogP contribution in [0.4, 0.5) is 23.7 Å². The standard InChI is InChI=1S/C27H20ClF3N2O4/c1-15-3-4-18(11-16(15)2)14-37-20-8-5-17(6-9-20)12-21-24(34)32-26(36)33(25(21)35)23-13-19(27(29,30)31)7-10-22(23)28/h3-13H,14H2,1-2H3,(H,32,34,36)/b21-12-. The Bertz CT molecular complexity index is 1430. The summed E-state index contributed by atoms with van der Waals surface area (Å²) in [7, 11) is 0. The minimum atomic E-state index is -4.73. The third kappa shape index (κ3) is 5.67. The Balaban J connectivity index is 1.56. The Morgan fingerprint density at radius 2 is 1.65 bits per heavy atom. The number of anilines is 1. The molecule has 1 aliphatic rings. The van der Waals surface area contributed by atoms with Crippen molar-refractivity contribution < 1.29 is 32.3 Å². The van der Waals surface area contributed by atoms with Crippen molar-refractivity contribution in [3.8, 4) is 5.75 Å². The highest BCUT2D eigenvalue weighted by Gasteiger charge is 2.39. The largest absolute Gasteiger partial charge is 0.489 e. The number of nitrogens with one attached hydrogen (secondary N) is 1. The van der Waals surface area contributed by atoms with Gasteiger partial charge in [-0.3, -0.25) is 14.9 Å².